The van der Waals surface area contributed by atoms with Gasteiger partial charge in [-0.15, -0.1) is 0 Å². The van der Waals surface area contributed by atoms with Gasteiger partial charge in [0.1, 0.15) is 19.0 Å². The molecule has 0 bridgehead atoms. The van der Waals surface area contributed by atoms with Crippen LogP contribution in [0.3, 0.4) is 0 Å². The molecule has 2 N–H and O–H groups in total. The molecule has 2 aromatic rings. The van der Waals surface area contributed by atoms with Crippen LogP contribution in [0, 0.1) is 0 Å². The lowest BCUT2D eigenvalue weighted by molar-refractivity contribution is -0.119. The molecule has 0 spiro atoms. The maximum atomic E-state index is 12.3. The van der Waals surface area contributed by atoms with E-state index in [0.717, 1.165) is 0 Å². The van der Waals surface area contributed by atoms with Gasteiger partial charge in [-0.1, -0.05) is 18.7 Å². The minimum atomic E-state index is -0.263. The minimum absolute atomic E-state index is 0.0309. The van der Waals surface area contributed by atoms with E-state index in [1.54, 1.807) is 54.6 Å². The highest BCUT2D eigenvalue weighted by Gasteiger charge is 2.08. The fourth-order valence-corrected chi connectivity index (χ4v) is 2.06. The quantitative estimate of drug-likeness (QED) is 0.724. The van der Waals surface area contributed by atoms with Crippen molar-refractivity contribution in [3.8, 4) is 5.75 Å². The number of hydrogen-bond donors (Lipinski definition) is 2. The number of rotatable bonds is 8. The summed E-state index contributed by atoms with van der Waals surface area (Å²) in [6.07, 6.45) is 1.65. The molecule has 0 unspecified atom stereocenters. The molecule has 0 aliphatic heterocycles. The Balaban J connectivity index is 2.00. The molecule has 6 heteroatoms. The van der Waals surface area contributed by atoms with Crippen LogP contribution in [0.2, 0.25) is 0 Å². The second kappa shape index (κ2) is 9.24. The number of ether oxygens (including phenoxy) is 2. The average Bonchev–Trinajstić information content (AvgIpc) is 2.61. The average molecular weight is 340 g/mol. The van der Waals surface area contributed by atoms with Gasteiger partial charge in [-0.3, -0.25) is 9.59 Å². The van der Waals surface area contributed by atoms with Crippen molar-refractivity contribution in [2.75, 3.05) is 31.0 Å². The molecule has 130 valence electrons. The van der Waals surface area contributed by atoms with Gasteiger partial charge in [-0.25, -0.2) is 0 Å². The highest BCUT2D eigenvalue weighted by Crippen LogP contribution is 2.17. The van der Waals surface area contributed by atoms with Crippen molar-refractivity contribution in [3.63, 3.8) is 0 Å². The Labute approximate surface area is 146 Å². The normalized spacial score (nSPS) is 9.96. The molecule has 2 rings (SSSR count). The SMILES string of the molecule is C=CCOc1ccc(C(=O)Nc2cccc(NC(=O)COC)c2)cc1. The Kier molecular flexibility index (Phi) is 6.74. The lowest BCUT2D eigenvalue weighted by Crippen LogP contribution is -2.17. The molecule has 0 aliphatic rings. The van der Waals surface area contributed by atoms with Crippen molar-refractivity contribution < 1.29 is 19.1 Å². The predicted molar refractivity (Wildman–Crippen MR) is 97.0 cm³/mol. The predicted octanol–water partition coefficient (Wildman–Crippen LogP) is 3.09. The van der Waals surface area contributed by atoms with E-state index in [0.29, 0.717) is 29.3 Å². The van der Waals surface area contributed by atoms with Crippen LogP contribution in [0.4, 0.5) is 11.4 Å². The van der Waals surface area contributed by atoms with Gasteiger partial charge in [-0.2, -0.15) is 0 Å². The lowest BCUT2D eigenvalue weighted by atomic mass is 10.2. The maximum Gasteiger partial charge on any atom is 0.255 e. The van der Waals surface area contributed by atoms with Gasteiger partial charge in [-0.05, 0) is 42.5 Å². The fraction of sp³-hybridized carbons (Fsp3) is 0.158. The number of nitrogens with one attached hydrogen (secondary N) is 2. The van der Waals surface area contributed by atoms with Crippen LogP contribution in [-0.4, -0.2) is 32.1 Å². The van der Waals surface area contributed by atoms with Crippen molar-refractivity contribution in [1.29, 1.82) is 0 Å². The Morgan fingerprint density at radius 3 is 2.40 bits per heavy atom. The van der Waals surface area contributed by atoms with Gasteiger partial charge in [0.25, 0.3) is 5.91 Å². The second-order valence-corrected chi connectivity index (χ2v) is 5.14. The molecule has 0 atom stereocenters. The third-order valence-electron chi connectivity index (χ3n) is 3.16. The smallest absolute Gasteiger partial charge is 0.255 e. The Morgan fingerprint density at radius 1 is 1.08 bits per heavy atom. The summed E-state index contributed by atoms with van der Waals surface area (Å²) in [5.41, 5.74) is 1.65. The van der Waals surface area contributed by atoms with Gasteiger partial charge >= 0.3 is 0 Å². The van der Waals surface area contributed by atoms with E-state index in [4.69, 9.17) is 9.47 Å². The molecule has 6 nitrogen and oxygen atoms in total. The van der Waals surface area contributed by atoms with Gasteiger partial charge in [0, 0.05) is 24.0 Å². The third kappa shape index (κ3) is 5.78. The van der Waals surface area contributed by atoms with Crippen LogP contribution >= 0.6 is 0 Å². The first-order valence-corrected chi connectivity index (χ1v) is 7.66. The van der Waals surface area contributed by atoms with Crippen molar-refractivity contribution in [1.82, 2.24) is 0 Å². The zero-order valence-electron chi connectivity index (χ0n) is 14.0. The first-order valence-electron chi connectivity index (χ1n) is 7.66. The van der Waals surface area contributed by atoms with Crippen LogP contribution in [0.25, 0.3) is 0 Å². The highest BCUT2D eigenvalue weighted by atomic mass is 16.5. The summed E-state index contributed by atoms with van der Waals surface area (Å²) in [7, 11) is 1.45. The summed E-state index contributed by atoms with van der Waals surface area (Å²) >= 11 is 0. The molecule has 0 heterocycles. The Bertz CT molecular complexity index is 741. The first kappa shape index (κ1) is 18.2. The summed E-state index contributed by atoms with van der Waals surface area (Å²) in [4.78, 5) is 23.8. The molecule has 2 aromatic carbocycles. The van der Waals surface area contributed by atoms with Gasteiger partial charge < -0.3 is 20.1 Å². The molecule has 0 saturated heterocycles. The number of carbonyl (C=O) groups excluding carboxylic acids is 2. The molecule has 0 saturated carbocycles. The molecule has 0 aliphatic carbocycles. The third-order valence-corrected chi connectivity index (χ3v) is 3.16. The van der Waals surface area contributed by atoms with Crippen LogP contribution in [0.15, 0.2) is 61.2 Å². The van der Waals surface area contributed by atoms with Crippen molar-refractivity contribution >= 4 is 23.2 Å². The zero-order chi connectivity index (χ0) is 18.1. The molecule has 25 heavy (non-hydrogen) atoms. The zero-order valence-corrected chi connectivity index (χ0v) is 14.0. The number of hydrogen-bond acceptors (Lipinski definition) is 4. The highest BCUT2D eigenvalue weighted by molar-refractivity contribution is 6.04. The molecular formula is C19H20N2O4. The monoisotopic (exact) mass is 340 g/mol. The number of anilines is 2. The molecular weight excluding hydrogens is 320 g/mol. The van der Waals surface area contributed by atoms with Gasteiger partial charge in [0.15, 0.2) is 0 Å². The summed E-state index contributed by atoms with van der Waals surface area (Å²) in [6.45, 7) is 3.96. The number of amides is 2. The van der Waals surface area contributed by atoms with Crippen LogP contribution < -0.4 is 15.4 Å². The summed E-state index contributed by atoms with van der Waals surface area (Å²) in [5, 5.41) is 5.47. The van der Waals surface area contributed by atoms with E-state index in [1.165, 1.54) is 7.11 Å². The molecule has 0 aromatic heterocycles. The maximum absolute atomic E-state index is 12.3. The largest absolute Gasteiger partial charge is 0.490 e. The van der Waals surface area contributed by atoms with E-state index < -0.39 is 0 Å². The van der Waals surface area contributed by atoms with Gasteiger partial charge in [0.2, 0.25) is 5.91 Å². The van der Waals surface area contributed by atoms with Crippen molar-refractivity contribution in [2.24, 2.45) is 0 Å². The van der Waals surface area contributed by atoms with Crippen LogP contribution in [-0.2, 0) is 9.53 Å². The second-order valence-electron chi connectivity index (χ2n) is 5.14. The number of methoxy groups -OCH3 is 1. The fourth-order valence-electron chi connectivity index (χ4n) is 2.06. The Morgan fingerprint density at radius 2 is 1.76 bits per heavy atom. The molecule has 0 radical (unpaired) electrons. The number of carbonyl (C=O) groups is 2. The van der Waals surface area contributed by atoms with Crippen molar-refractivity contribution in [3.05, 3.63) is 66.7 Å². The van der Waals surface area contributed by atoms with E-state index in [-0.39, 0.29) is 18.4 Å². The topological polar surface area (TPSA) is 76.7 Å². The first-order chi connectivity index (χ1) is 12.1. The van der Waals surface area contributed by atoms with Crippen molar-refractivity contribution in [2.45, 2.75) is 0 Å². The van der Waals surface area contributed by atoms with Crippen LogP contribution in [0.1, 0.15) is 10.4 Å². The summed E-state index contributed by atoms with van der Waals surface area (Å²) < 4.78 is 10.1. The molecule has 0 fully saturated rings. The van der Waals surface area contributed by atoms with E-state index in [9.17, 15) is 9.59 Å². The van der Waals surface area contributed by atoms with Crippen LogP contribution in [0.5, 0.6) is 5.75 Å². The molecule has 2 amide bonds. The summed E-state index contributed by atoms with van der Waals surface area (Å²) in [6, 6.07) is 13.7. The Hall–Kier alpha value is -3.12. The summed E-state index contributed by atoms with van der Waals surface area (Å²) in [5.74, 6) is 0.149. The van der Waals surface area contributed by atoms with E-state index in [1.807, 2.05) is 0 Å². The minimum Gasteiger partial charge on any atom is -0.490 e. The van der Waals surface area contributed by atoms with E-state index >= 15 is 0 Å². The van der Waals surface area contributed by atoms with Gasteiger partial charge in [0.05, 0.1) is 0 Å². The lowest BCUT2D eigenvalue weighted by Gasteiger charge is -2.09. The standard InChI is InChI=1S/C19H20N2O4/c1-3-11-25-17-9-7-14(8-10-17)19(23)21-16-6-4-5-15(12-16)20-18(22)13-24-2/h3-10,12H,1,11,13H2,2H3,(H,20,22)(H,21,23). The number of benzene rings is 2. The van der Waals surface area contributed by atoms with E-state index in [2.05, 4.69) is 17.2 Å².